The quantitative estimate of drug-likeness (QED) is 0.834. The van der Waals surface area contributed by atoms with Gasteiger partial charge in [0, 0.05) is 13.1 Å². The van der Waals surface area contributed by atoms with E-state index in [0.29, 0.717) is 5.56 Å². The molecule has 2 rings (SSSR count). The van der Waals surface area contributed by atoms with Crippen molar-refractivity contribution in [2.75, 3.05) is 13.6 Å². The number of nitrogens with zero attached hydrogens (tertiary/aromatic N) is 1. The van der Waals surface area contributed by atoms with Crippen molar-refractivity contribution in [2.45, 2.75) is 6.10 Å². The summed E-state index contributed by atoms with van der Waals surface area (Å²) in [7, 11) is 1.64. The van der Waals surface area contributed by atoms with Gasteiger partial charge in [0.2, 0.25) is 5.91 Å². The molecular formula is C18H19NO3. The molecule has 4 heteroatoms. The van der Waals surface area contributed by atoms with Gasteiger partial charge in [0.25, 0.3) is 0 Å². The molecule has 1 amide bonds. The van der Waals surface area contributed by atoms with Crippen LogP contribution >= 0.6 is 0 Å². The molecule has 1 atom stereocenters. The summed E-state index contributed by atoms with van der Waals surface area (Å²) in [5, 5.41) is 19.3. The molecule has 0 unspecified atom stereocenters. The summed E-state index contributed by atoms with van der Waals surface area (Å²) in [6, 6.07) is 15.8. The Morgan fingerprint density at radius 3 is 2.41 bits per heavy atom. The van der Waals surface area contributed by atoms with Crippen LogP contribution in [0.15, 0.2) is 60.7 Å². The highest BCUT2D eigenvalue weighted by Crippen LogP contribution is 2.17. The highest BCUT2D eigenvalue weighted by molar-refractivity contribution is 5.91. The van der Waals surface area contributed by atoms with Gasteiger partial charge in [-0.1, -0.05) is 42.5 Å². The van der Waals surface area contributed by atoms with Crippen LogP contribution in [0.2, 0.25) is 0 Å². The summed E-state index contributed by atoms with van der Waals surface area (Å²) in [5.41, 5.74) is 1.60. The molecule has 0 saturated heterocycles. The van der Waals surface area contributed by atoms with Crippen LogP contribution in [-0.4, -0.2) is 34.6 Å². The van der Waals surface area contributed by atoms with Crippen molar-refractivity contribution >= 4 is 12.0 Å². The summed E-state index contributed by atoms with van der Waals surface area (Å²) in [5.74, 6) is -0.0344. The maximum absolute atomic E-state index is 12.0. The number of aliphatic hydroxyl groups is 1. The minimum atomic E-state index is -0.792. The first-order valence-corrected chi connectivity index (χ1v) is 7.01. The maximum Gasteiger partial charge on any atom is 0.246 e. The van der Waals surface area contributed by atoms with Crippen molar-refractivity contribution < 1.29 is 15.0 Å². The Kier molecular flexibility index (Phi) is 5.33. The van der Waals surface area contributed by atoms with Gasteiger partial charge in [-0.15, -0.1) is 0 Å². The standard InChI is InChI=1S/C18H19NO3/c1-19(13-17(21)15-8-10-16(20)11-9-15)18(22)12-7-14-5-3-2-4-6-14/h2-12,17,20-21H,13H2,1H3/b12-7+/t17-/m1/s1. The molecule has 22 heavy (non-hydrogen) atoms. The predicted molar refractivity (Wildman–Crippen MR) is 86.2 cm³/mol. The van der Waals surface area contributed by atoms with E-state index in [1.54, 1.807) is 25.3 Å². The zero-order valence-corrected chi connectivity index (χ0v) is 12.4. The Morgan fingerprint density at radius 2 is 1.77 bits per heavy atom. The van der Waals surface area contributed by atoms with Gasteiger partial charge in [0.1, 0.15) is 5.75 Å². The van der Waals surface area contributed by atoms with Crippen molar-refractivity contribution in [1.29, 1.82) is 0 Å². The van der Waals surface area contributed by atoms with E-state index in [2.05, 4.69) is 0 Å². The van der Waals surface area contributed by atoms with Crippen LogP contribution in [0.4, 0.5) is 0 Å². The highest BCUT2D eigenvalue weighted by atomic mass is 16.3. The fourth-order valence-electron chi connectivity index (χ4n) is 2.01. The molecule has 0 radical (unpaired) electrons. The van der Waals surface area contributed by atoms with Gasteiger partial charge in [-0.05, 0) is 29.3 Å². The molecular weight excluding hydrogens is 278 g/mol. The number of carbonyl (C=O) groups excluding carboxylic acids is 1. The summed E-state index contributed by atoms with van der Waals surface area (Å²) in [6.45, 7) is 0.183. The minimum Gasteiger partial charge on any atom is -0.508 e. The first-order chi connectivity index (χ1) is 10.6. The van der Waals surface area contributed by atoms with Crippen LogP contribution < -0.4 is 0 Å². The van der Waals surface area contributed by atoms with Crippen molar-refractivity contribution in [3.8, 4) is 5.75 Å². The van der Waals surface area contributed by atoms with E-state index in [1.165, 1.54) is 23.1 Å². The molecule has 0 heterocycles. The zero-order chi connectivity index (χ0) is 15.9. The first kappa shape index (κ1) is 15.8. The number of aliphatic hydroxyl groups excluding tert-OH is 1. The highest BCUT2D eigenvalue weighted by Gasteiger charge is 2.13. The lowest BCUT2D eigenvalue weighted by molar-refractivity contribution is -0.126. The van der Waals surface area contributed by atoms with Gasteiger partial charge < -0.3 is 15.1 Å². The Morgan fingerprint density at radius 1 is 1.14 bits per heavy atom. The van der Waals surface area contributed by atoms with Crippen LogP contribution in [-0.2, 0) is 4.79 Å². The van der Waals surface area contributed by atoms with Crippen molar-refractivity contribution in [2.24, 2.45) is 0 Å². The van der Waals surface area contributed by atoms with Gasteiger partial charge in [0.15, 0.2) is 0 Å². The van der Waals surface area contributed by atoms with Crippen molar-refractivity contribution in [1.82, 2.24) is 4.90 Å². The number of benzene rings is 2. The smallest absolute Gasteiger partial charge is 0.246 e. The minimum absolute atomic E-state index is 0.145. The second-order valence-corrected chi connectivity index (χ2v) is 5.07. The third kappa shape index (κ3) is 4.46. The van der Waals surface area contributed by atoms with Crippen LogP contribution in [0, 0.1) is 0 Å². The predicted octanol–water partition coefficient (Wildman–Crippen LogP) is 2.60. The lowest BCUT2D eigenvalue weighted by Gasteiger charge is -2.19. The molecule has 0 saturated carbocycles. The number of phenolic OH excluding ortho intramolecular Hbond substituents is 1. The monoisotopic (exact) mass is 297 g/mol. The number of likely N-dealkylation sites (N-methyl/N-ethyl adjacent to an activating group) is 1. The summed E-state index contributed by atoms with van der Waals surface area (Å²) < 4.78 is 0. The van der Waals surface area contributed by atoms with Crippen molar-refractivity contribution in [3.05, 3.63) is 71.8 Å². The van der Waals surface area contributed by atoms with Gasteiger partial charge in [-0.3, -0.25) is 4.79 Å². The van der Waals surface area contributed by atoms with Crippen LogP contribution in [0.3, 0.4) is 0 Å². The molecule has 0 aromatic heterocycles. The second-order valence-electron chi connectivity index (χ2n) is 5.07. The third-order valence-electron chi connectivity index (χ3n) is 3.32. The van der Waals surface area contributed by atoms with E-state index in [1.807, 2.05) is 30.3 Å². The number of hydrogen-bond acceptors (Lipinski definition) is 3. The second kappa shape index (κ2) is 7.43. The Bertz CT molecular complexity index is 635. The van der Waals surface area contributed by atoms with Crippen LogP contribution in [0.1, 0.15) is 17.2 Å². The normalized spacial score (nSPS) is 12.3. The average molecular weight is 297 g/mol. The summed E-state index contributed by atoms with van der Waals surface area (Å²) >= 11 is 0. The SMILES string of the molecule is CN(C[C@@H](O)c1ccc(O)cc1)C(=O)/C=C/c1ccccc1. The molecule has 2 aromatic rings. The Labute approximate surface area is 129 Å². The lowest BCUT2D eigenvalue weighted by Crippen LogP contribution is -2.29. The molecule has 0 aliphatic rings. The fourth-order valence-corrected chi connectivity index (χ4v) is 2.01. The van der Waals surface area contributed by atoms with E-state index in [9.17, 15) is 15.0 Å². The number of phenols is 1. The molecule has 0 spiro atoms. The number of aromatic hydroxyl groups is 1. The molecule has 2 N–H and O–H groups in total. The summed E-state index contributed by atoms with van der Waals surface area (Å²) in [4.78, 5) is 13.5. The molecule has 2 aromatic carbocycles. The largest absolute Gasteiger partial charge is 0.508 e. The molecule has 0 aliphatic carbocycles. The van der Waals surface area contributed by atoms with Crippen LogP contribution in [0.5, 0.6) is 5.75 Å². The number of amides is 1. The first-order valence-electron chi connectivity index (χ1n) is 7.01. The topological polar surface area (TPSA) is 60.8 Å². The van der Waals surface area contributed by atoms with Gasteiger partial charge in [-0.25, -0.2) is 0 Å². The van der Waals surface area contributed by atoms with E-state index in [-0.39, 0.29) is 18.2 Å². The Hall–Kier alpha value is -2.59. The van der Waals surface area contributed by atoms with E-state index in [4.69, 9.17) is 0 Å². The molecule has 4 nitrogen and oxygen atoms in total. The van der Waals surface area contributed by atoms with Gasteiger partial charge >= 0.3 is 0 Å². The maximum atomic E-state index is 12.0. The molecule has 114 valence electrons. The van der Waals surface area contributed by atoms with Crippen LogP contribution in [0.25, 0.3) is 6.08 Å². The van der Waals surface area contributed by atoms with Gasteiger partial charge in [0.05, 0.1) is 12.6 Å². The number of rotatable bonds is 5. The van der Waals surface area contributed by atoms with E-state index in [0.717, 1.165) is 5.56 Å². The molecule has 0 fully saturated rings. The number of carbonyl (C=O) groups is 1. The van der Waals surface area contributed by atoms with Gasteiger partial charge in [-0.2, -0.15) is 0 Å². The number of hydrogen-bond donors (Lipinski definition) is 2. The fraction of sp³-hybridized carbons (Fsp3) is 0.167. The average Bonchev–Trinajstić information content (AvgIpc) is 2.54. The van der Waals surface area contributed by atoms with E-state index < -0.39 is 6.10 Å². The van der Waals surface area contributed by atoms with E-state index >= 15 is 0 Å². The van der Waals surface area contributed by atoms with Crippen molar-refractivity contribution in [3.63, 3.8) is 0 Å². The molecule has 0 aliphatic heterocycles. The summed E-state index contributed by atoms with van der Waals surface area (Å²) in [6.07, 6.45) is 2.43. The zero-order valence-electron chi connectivity index (χ0n) is 12.4. The Balaban J connectivity index is 1.93. The molecule has 0 bridgehead atoms. The lowest BCUT2D eigenvalue weighted by atomic mass is 10.1. The third-order valence-corrected chi connectivity index (χ3v) is 3.32.